The Morgan fingerprint density at radius 2 is 1.55 bits per heavy atom. The third kappa shape index (κ3) is 6.66. The van der Waals surface area contributed by atoms with Gasteiger partial charge in [0.1, 0.15) is 0 Å². The van der Waals surface area contributed by atoms with E-state index in [0.29, 0.717) is 49.9 Å². The van der Waals surface area contributed by atoms with Crippen LogP contribution in [0.5, 0.6) is 0 Å². The third-order valence-corrected chi connectivity index (χ3v) is 4.84. The van der Waals surface area contributed by atoms with E-state index in [4.69, 9.17) is 0 Å². The molecular formula is C21H27N7O3. The van der Waals surface area contributed by atoms with Crippen molar-refractivity contribution in [1.82, 2.24) is 20.2 Å². The second kappa shape index (κ2) is 10.9. The number of urea groups is 1. The number of amides is 4. The lowest BCUT2D eigenvalue weighted by Gasteiger charge is -2.34. The Morgan fingerprint density at radius 3 is 2.16 bits per heavy atom. The number of anilines is 3. The van der Waals surface area contributed by atoms with E-state index in [1.165, 1.54) is 0 Å². The summed E-state index contributed by atoms with van der Waals surface area (Å²) in [6.07, 6.45) is 4.04. The minimum Gasteiger partial charge on any atom is -0.339 e. The molecule has 0 bridgehead atoms. The zero-order valence-corrected chi connectivity index (χ0v) is 17.5. The van der Waals surface area contributed by atoms with Crippen molar-refractivity contribution in [2.45, 2.75) is 19.8 Å². The van der Waals surface area contributed by atoms with Crippen LogP contribution in [0, 0.1) is 0 Å². The maximum atomic E-state index is 12.4. The quantitative estimate of drug-likeness (QED) is 0.621. The summed E-state index contributed by atoms with van der Waals surface area (Å²) in [5.74, 6) is 0.608. The molecular weight excluding hydrogens is 398 g/mol. The fraction of sp³-hybridized carbons (Fsp3) is 0.381. The van der Waals surface area contributed by atoms with Gasteiger partial charge in [-0.25, -0.2) is 14.8 Å². The zero-order chi connectivity index (χ0) is 22.1. The Bertz CT molecular complexity index is 882. The van der Waals surface area contributed by atoms with E-state index in [2.05, 4.69) is 30.8 Å². The number of piperazine rings is 1. The molecule has 3 rings (SSSR count). The molecule has 0 spiro atoms. The lowest BCUT2D eigenvalue weighted by molar-refractivity contribution is -0.131. The number of hydrogen-bond acceptors (Lipinski definition) is 6. The molecule has 0 saturated carbocycles. The van der Waals surface area contributed by atoms with Gasteiger partial charge in [-0.3, -0.25) is 9.59 Å². The first kappa shape index (κ1) is 22.0. The average Bonchev–Trinajstić information content (AvgIpc) is 2.81. The number of carbonyl (C=O) groups excluding carboxylic acids is 3. The molecule has 4 amide bonds. The highest BCUT2D eigenvalue weighted by atomic mass is 16.2. The van der Waals surface area contributed by atoms with E-state index in [1.807, 2.05) is 0 Å². The largest absolute Gasteiger partial charge is 0.339 e. The molecule has 0 atom stereocenters. The molecule has 1 aromatic carbocycles. The monoisotopic (exact) mass is 425 g/mol. The van der Waals surface area contributed by atoms with Crippen LogP contribution in [0.15, 0.2) is 42.7 Å². The Balaban J connectivity index is 1.35. The van der Waals surface area contributed by atoms with Gasteiger partial charge in [0.05, 0.1) is 0 Å². The van der Waals surface area contributed by atoms with Crippen molar-refractivity contribution in [2.75, 3.05) is 48.3 Å². The van der Waals surface area contributed by atoms with Crippen molar-refractivity contribution in [3.63, 3.8) is 0 Å². The first-order valence-corrected chi connectivity index (χ1v) is 10.3. The van der Waals surface area contributed by atoms with Crippen LogP contribution < -0.4 is 20.9 Å². The topological polar surface area (TPSA) is 120 Å². The minimum atomic E-state index is -0.385. The normalized spacial score (nSPS) is 13.5. The standard InChI is InChI=1S/C21H27N7O3/c1-2-18(29)25-16-4-6-17(7-5-16)26-21(31)24-11-8-19(30)27-12-14-28(15-13-27)20-22-9-3-10-23-20/h3-7,9-10H,2,8,11-15H2,1H3,(H,25,29)(H2,24,26,31). The highest BCUT2D eigenvalue weighted by molar-refractivity contribution is 5.92. The Labute approximate surface area is 181 Å². The molecule has 1 aliphatic rings. The number of aromatic nitrogens is 2. The molecule has 1 fully saturated rings. The van der Waals surface area contributed by atoms with Crippen molar-refractivity contribution in [3.05, 3.63) is 42.7 Å². The van der Waals surface area contributed by atoms with Gasteiger partial charge in [0.2, 0.25) is 17.8 Å². The van der Waals surface area contributed by atoms with Crippen molar-refractivity contribution in [3.8, 4) is 0 Å². The van der Waals surface area contributed by atoms with Crippen LogP contribution in [0.25, 0.3) is 0 Å². The molecule has 2 aromatic rings. The van der Waals surface area contributed by atoms with Crippen molar-refractivity contribution in [2.24, 2.45) is 0 Å². The second-order valence-electron chi connectivity index (χ2n) is 7.03. The number of nitrogens with one attached hydrogen (secondary N) is 3. The van der Waals surface area contributed by atoms with Gasteiger partial charge in [-0.15, -0.1) is 0 Å². The van der Waals surface area contributed by atoms with Gasteiger partial charge in [0.15, 0.2) is 0 Å². The van der Waals surface area contributed by atoms with Crippen molar-refractivity contribution < 1.29 is 14.4 Å². The number of benzene rings is 1. The molecule has 164 valence electrons. The second-order valence-corrected chi connectivity index (χ2v) is 7.03. The summed E-state index contributed by atoms with van der Waals surface area (Å²) in [5.41, 5.74) is 1.26. The lowest BCUT2D eigenvalue weighted by Crippen LogP contribution is -2.49. The van der Waals surface area contributed by atoms with E-state index in [0.717, 1.165) is 0 Å². The molecule has 10 heteroatoms. The van der Waals surface area contributed by atoms with Crippen LogP contribution in [-0.4, -0.2) is 65.4 Å². The molecule has 1 saturated heterocycles. The minimum absolute atomic E-state index is 0.00458. The molecule has 10 nitrogen and oxygen atoms in total. The highest BCUT2D eigenvalue weighted by Gasteiger charge is 2.22. The summed E-state index contributed by atoms with van der Waals surface area (Å²) in [4.78, 5) is 48.1. The predicted octanol–water partition coefficient (Wildman–Crippen LogP) is 1.69. The van der Waals surface area contributed by atoms with Gasteiger partial charge < -0.3 is 25.8 Å². The summed E-state index contributed by atoms with van der Waals surface area (Å²) < 4.78 is 0. The summed E-state index contributed by atoms with van der Waals surface area (Å²) in [7, 11) is 0. The van der Waals surface area contributed by atoms with Crippen LogP contribution in [0.3, 0.4) is 0 Å². The Hall–Kier alpha value is -3.69. The fourth-order valence-electron chi connectivity index (χ4n) is 3.11. The fourth-order valence-corrected chi connectivity index (χ4v) is 3.11. The summed E-state index contributed by atoms with van der Waals surface area (Å²) in [5, 5.41) is 8.14. The smallest absolute Gasteiger partial charge is 0.319 e. The molecule has 0 radical (unpaired) electrons. The van der Waals surface area contributed by atoms with Crippen molar-refractivity contribution in [1.29, 1.82) is 0 Å². The van der Waals surface area contributed by atoms with Gasteiger partial charge in [0.25, 0.3) is 0 Å². The lowest BCUT2D eigenvalue weighted by atomic mass is 10.2. The number of rotatable bonds is 7. The van der Waals surface area contributed by atoms with E-state index < -0.39 is 0 Å². The molecule has 1 aliphatic heterocycles. The maximum absolute atomic E-state index is 12.4. The molecule has 0 aliphatic carbocycles. The van der Waals surface area contributed by atoms with E-state index in [-0.39, 0.29) is 30.8 Å². The number of hydrogen-bond donors (Lipinski definition) is 3. The number of nitrogens with zero attached hydrogens (tertiary/aromatic N) is 4. The summed E-state index contributed by atoms with van der Waals surface area (Å²) in [6.45, 7) is 4.59. The molecule has 3 N–H and O–H groups in total. The van der Waals surface area contributed by atoms with Crippen LogP contribution in [-0.2, 0) is 9.59 Å². The van der Waals surface area contributed by atoms with E-state index in [1.54, 1.807) is 54.5 Å². The number of carbonyl (C=O) groups is 3. The van der Waals surface area contributed by atoms with E-state index in [9.17, 15) is 14.4 Å². The molecule has 1 aromatic heterocycles. The van der Waals surface area contributed by atoms with Crippen LogP contribution in [0.2, 0.25) is 0 Å². The first-order chi connectivity index (χ1) is 15.0. The maximum Gasteiger partial charge on any atom is 0.319 e. The summed E-state index contributed by atoms with van der Waals surface area (Å²) >= 11 is 0. The van der Waals surface area contributed by atoms with Crippen LogP contribution >= 0.6 is 0 Å². The van der Waals surface area contributed by atoms with Gasteiger partial charge >= 0.3 is 6.03 Å². The predicted molar refractivity (Wildman–Crippen MR) is 118 cm³/mol. The van der Waals surface area contributed by atoms with Gasteiger partial charge in [0, 0.05) is 69.3 Å². The van der Waals surface area contributed by atoms with Gasteiger partial charge in [-0.1, -0.05) is 6.92 Å². The Kier molecular flexibility index (Phi) is 7.74. The molecule has 31 heavy (non-hydrogen) atoms. The van der Waals surface area contributed by atoms with E-state index >= 15 is 0 Å². The van der Waals surface area contributed by atoms with Crippen LogP contribution in [0.1, 0.15) is 19.8 Å². The SMILES string of the molecule is CCC(=O)Nc1ccc(NC(=O)NCCC(=O)N2CCN(c3ncccn3)CC2)cc1. The van der Waals surface area contributed by atoms with Crippen molar-refractivity contribution >= 4 is 35.2 Å². The van der Waals surface area contributed by atoms with Crippen LogP contribution in [0.4, 0.5) is 22.1 Å². The highest BCUT2D eigenvalue weighted by Crippen LogP contribution is 2.14. The average molecular weight is 425 g/mol. The first-order valence-electron chi connectivity index (χ1n) is 10.3. The summed E-state index contributed by atoms with van der Waals surface area (Å²) in [6, 6.07) is 8.22. The Morgan fingerprint density at radius 1 is 0.935 bits per heavy atom. The van der Waals surface area contributed by atoms with Gasteiger partial charge in [-0.2, -0.15) is 0 Å². The molecule has 0 unspecified atom stereocenters. The molecule has 2 heterocycles. The van der Waals surface area contributed by atoms with Gasteiger partial charge in [-0.05, 0) is 30.3 Å². The third-order valence-electron chi connectivity index (χ3n) is 4.84. The zero-order valence-electron chi connectivity index (χ0n) is 17.5.